The summed E-state index contributed by atoms with van der Waals surface area (Å²) in [6.07, 6.45) is 0. The number of anilines is 1. The van der Waals surface area contributed by atoms with Crippen molar-refractivity contribution < 1.29 is 4.42 Å². The molecule has 0 unspecified atom stereocenters. The van der Waals surface area contributed by atoms with E-state index in [1.54, 1.807) is 12.1 Å². The Morgan fingerprint density at radius 1 is 1.06 bits per heavy atom. The maximum atomic E-state index is 6.09. The Morgan fingerprint density at radius 2 is 1.82 bits per heavy atom. The van der Waals surface area contributed by atoms with Crippen LogP contribution in [0.1, 0.15) is 5.76 Å². The van der Waals surface area contributed by atoms with Gasteiger partial charge in [-0.25, -0.2) is 0 Å². The first-order valence-electron chi connectivity index (χ1n) is 4.69. The second-order valence-corrected chi connectivity index (χ2v) is 5.27. The quantitative estimate of drug-likeness (QED) is 0.724. The number of hydrogen-bond acceptors (Lipinski definition) is 2. The molecule has 0 saturated carbocycles. The molecule has 0 bridgehead atoms. The molecular formula is C11H7BrCl3NO. The van der Waals surface area contributed by atoms with Crippen LogP contribution >= 0.6 is 50.7 Å². The lowest BCUT2D eigenvalue weighted by Crippen LogP contribution is -1.98. The minimum atomic E-state index is 0.363. The van der Waals surface area contributed by atoms with Crippen molar-refractivity contribution in [2.75, 3.05) is 5.32 Å². The lowest BCUT2D eigenvalue weighted by molar-refractivity contribution is 0.520. The van der Waals surface area contributed by atoms with Crippen LogP contribution in [-0.4, -0.2) is 0 Å². The summed E-state index contributed by atoms with van der Waals surface area (Å²) < 4.78 is 5.98. The number of benzene rings is 1. The molecule has 90 valence electrons. The van der Waals surface area contributed by atoms with E-state index in [-0.39, 0.29) is 0 Å². The first kappa shape index (κ1) is 13.1. The topological polar surface area (TPSA) is 25.2 Å². The molecule has 0 saturated heterocycles. The van der Waals surface area contributed by atoms with Gasteiger partial charge in [-0.3, -0.25) is 0 Å². The molecular weight excluding hydrogens is 348 g/mol. The molecule has 1 aromatic heterocycles. The van der Waals surface area contributed by atoms with Gasteiger partial charge in [0.15, 0.2) is 5.22 Å². The summed E-state index contributed by atoms with van der Waals surface area (Å²) in [5.41, 5.74) is 0.743. The Balaban J connectivity index is 2.12. The Labute approximate surface area is 122 Å². The third kappa shape index (κ3) is 3.10. The van der Waals surface area contributed by atoms with E-state index >= 15 is 0 Å². The van der Waals surface area contributed by atoms with Crippen LogP contribution in [0.4, 0.5) is 5.69 Å². The molecule has 1 N–H and O–H groups in total. The van der Waals surface area contributed by atoms with Gasteiger partial charge in [0.25, 0.3) is 0 Å². The fourth-order valence-electron chi connectivity index (χ4n) is 1.29. The maximum Gasteiger partial charge on any atom is 0.193 e. The highest BCUT2D eigenvalue weighted by Gasteiger charge is 2.08. The summed E-state index contributed by atoms with van der Waals surface area (Å²) in [5, 5.41) is 4.44. The van der Waals surface area contributed by atoms with Crippen LogP contribution in [0.15, 0.2) is 33.2 Å². The van der Waals surface area contributed by atoms with Gasteiger partial charge >= 0.3 is 0 Å². The Hall–Kier alpha value is -0.350. The molecule has 2 nitrogen and oxygen atoms in total. The van der Waals surface area contributed by atoms with E-state index in [0.29, 0.717) is 21.8 Å². The normalized spacial score (nSPS) is 10.6. The van der Waals surface area contributed by atoms with Crippen molar-refractivity contribution in [1.82, 2.24) is 0 Å². The molecule has 0 spiro atoms. The molecule has 0 fully saturated rings. The van der Waals surface area contributed by atoms with Crippen LogP contribution in [-0.2, 0) is 6.54 Å². The highest BCUT2D eigenvalue weighted by atomic mass is 79.9. The van der Waals surface area contributed by atoms with E-state index in [9.17, 15) is 0 Å². The Morgan fingerprint density at radius 3 is 2.47 bits per heavy atom. The fraction of sp³-hybridized carbons (Fsp3) is 0.0909. The summed E-state index contributed by atoms with van der Waals surface area (Å²) in [5.74, 6) is 0.727. The molecule has 0 amide bonds. The van der Waals surface area contributed by atoms with Gasteiger partial charge < -0.3 is 9.73 Å². The zero-order valence-corrected chi connectivity index (χ0v) is 12.3. The van der Waals surface area contributed by atoms with E-state index in [4.69, 9.17) is 39.2 Å². The summed E-state index contributed by atoms with van der Waals surface area (Å²) in [6.45, 7) is 0.490. The smallest absolute Gasteiger partial charge is 0.193 e. The van der Waals surface area contributed by atoms with Crippen LogP contribution in [0.5, 0.6) is 0 Å². The van der Waals surface area contributed by atoms with Gasteiger partial charge in [-0.05, 0) is 51.8 Å². The number of rotatable bonds is 3. The zero-order chi connectivity index (χ0) is 12.4. The van der Waals surface area contributed by atoms with Gasteiger partial charge in [0.2, 0.25) is 0 Å². The van der Waals surface area contributed by atoms with Crippen molar-refractivity contribution in [3.8, 4) is 0 Å². The Bertz CT molecular complexity index is 542. The van der Waals surface area contributed by atoms with Crippen LogP contribution in [0, 0.1) is 0 Å². The molecule has 0 radical (unpaired) electrons. The van der Waals surface area contributed by atoms with Gasteiger partial charge in [-0.2, -0.15) is 0 Å². The van der Waals surface area contributed by atoms with Gasteiger partial charge in [0.05, 0.1) is 22.3 Å². The summed E-state index contributed by atoms with van der Waals surface area (Å²) in [4.78, 5) is 0. The van der Waals surface area contributed by atoms with Crippen LogP contribution in [0.3, 0.4) is 0 Å². The second-order valence-electron chi connectivity index (χ2n) is 3.28. The van der Waals surface area contributed by atoms with Gasteiger partial charge in [0.1, 0.15) is 5.76 Å². The molecule has 1 aromatic carbocycles. The predicted molar refractivity (Wildman–Crippen MR) is 75.2 cm³/mol. The molecule has 17 heavy (non-hydrogen) atoms. The lowest BCUT2D eigenvalue weighted by atomic mass is 10.3. The van der Waals surface area contributed by atoms with E-state index in [0.717, 1.165) is 15.9 Å². The predicted octanol–water partition coefficient (Wildman–Crippen LogP) is 5.61. The van der Waals surface area contributed by atoms with Crippen molar-refractivity contribution >= 4 is 56.4 Å². The molecule has 1 heterocycles. The average molecular weight is 355 g/mol. The van der Waals surface area contributed by atoms with Crippen LogP contribution in [0.25, 0.3) is 0 Å². The van der Waals surface area contributed by atoms with Crippen molar-refractivity contribution in [1.29, 1.82) is 0 Å². The number of hydrogen-bond donors (Lipinski definition) is 1. The van der Waals surface area contributed by atoms with Crippen molar-refractivity contribution in [3.05, 3.63) is 49.8 Å². The van der Waals surface area contributed by atoms with E-state index in [1.165, 1.54) is 0 Å². The van der Waals surface area contributed by atoms with E-state index in [2.05, 4.69) is 21.2 Å². The minimum absolute atomic E-state index is 0.363. The number of furan rings is 1. The van der Waals surface area contributed by atoms with Crippen LogP contribution in [0.2, 0.25) is 15.3 Å². The largest absolute Gasteiger partial charge is 0.448 e. The standard InChI is InChI=1S/C11H7BrCl3NO/c12-7-2-3-8(11(15)10(7)14)16-5-6-1-4-9(13)17-6/h1-4,16H,5H2. The average Bonchev–Trinajstić information content (AvgIpc) is 2.71. The van der Waals surface area contributed by atoms with Crippen LogP contribution < -0.4 is 5.32 Å². The zero-order valence-electron chi connectivity index (χ0n) is 8.44. The first-order chi connectivity index (χ1) is 8.08. The van der Waals surface area contributed by atoms with Crippen molar-refractivity contribution in [2.45, 2.75) is 6.54 Å². The van der Waals surface area contributed by atoms with Crippen molar-refractivity contribution in [3.63, 3.8) is 0 Å². The third-order valence-electron chi connectivity index (χ3n) is 2.12. The molecule has 0 aliphatic heterocycles. The molecule has 0 aliphatic rings. The summed E-state index contributed by atoms with van der Waals surface area (Å²) >= 11 is 21.1. The highest BCUT2D eigenvalue weighted by Crippen LogP contribution is 2.36. The van der Waals surface area contributed by atoms with Gasteiger partial charge in [-0.15, -0.1) is 0 Å². The number of halogens is 4. The molecule has 6 heteroatoms. The summed E-state index contributed by atoms with van der Waals surface area (Å²) in [6, 6.07) is 7.15. The first-order valence-corrected chi connectivity index (χ1v) is 6.62. The van der Waals surface area contributed by atoms with E-state index < -0.39 is 0 Å². The third-order valence-corrected chi connectivity index (χ3v) is 4.09. The van der Waals surface area contributed by atoms with Gasteiger partial charge in [-0.1, -0.05) is 23.2 Å². The fourth-order valence-corrected chi connectivity index (χ4v) is 2.29. The molecule has 0 aliphatic carbocycles. The maximum absolute atomic E-state index is 6.09. The SMILES string of the molecule is Clc1ccc(CNc2ccc(Br)c(Cl)c2Cl)o1. The van der Waals surface area contributed by atoms with Crippen molar-refractivity contribution in [2.24, 2.45) is 0 Å². The highest BCUT2D eigenvalue weighted by molar-refractivity contribution is 9.10. The minimum Gasteiger partial charge on any atom is -0.448 e. The molecule has 0 atom stereocenters. The van der Waals surface area contributed by atoms with E-state index in [1.807, 2.05) is 12.1 Å². The lowest BCUT2D eigenvalue weighted by Gasteiger charge is -2.09. The monoisotopic (exact) mass is 353 g/mol. The second kappa shape index (κ2) is 5.53. The van der Waals surface area contributed by atoms with Gasteiger partial charge in [0, 0.05) is 4.47 Å². The number of nitrogens with one attached hydrogen (secondary N) is 1. The molecule has 2 rings (SSSR count). The molecule has 2 aromatic rings. The summed E-state index contributed by atoms with van der Waals surface area (Å²) in [7, 11) is 0. The Kier molecular flexibility index (Phi) is 4.26.